The second kappa shape index (κ2) is 6.09. The minimum atomic E-state index is -0.778. The molecular formula is C19H22N2O3S2. The number of phenolic OH excluding ortho intramolecular Hbond substituents is 2. The van der Waals surface area contributed by atoms with Crippen molar-refractivity contribution >= 4 is 28.3 Å². The highest BCUT2D eigenvalue weighted by Gasteiger charge is 2.49. The maximum atomic E-state index is 10.5. The highest BCUT2D eigenvalue weighted by atomic mass is 32.2. The second-order valence-corrected chi connectivity index (χ2v) is 9.25. The normalized spacial score (nSPS) is 26.6. The summed E-state index contributed by atoms with van der Waals surface area (Å²) in [5, 5.41) is 26.8. The fourth-order valence-corrected chi connectivity index (χ4v) is 5.39. The molecular weight excluding hydrogens is 368 g/mol. The summed E-state index contributed by atoms with van der Waals surface area (Å²) in [4.78, 5) is 6.08. The van der Waals surface area contributed by atoms with Gasteiger partial charge in [0, 0.05) is 34.7 Å². The van der Waals surface area contributed by atoms with Gasteiger partial charge in [-0.05, 0) is 37.6 Å². The van der Waals surface area contributed by atoms with Gasteiger partial charge in [-0.15, -0.1) is 11.3 Å². The molecule has 2 aromatic rings. The minimum absolute atomic E-state index is 0.0611. The molecule has 1 aromatic heterocycles. The summed E-state index contributed by atoms with van der Waals surface area (Å²) >= 11 is 3.24. The molecule has 5 nitrogen and oxygen atoms in total. The predicted molar refractivity (Wildman–Crippen MR) is 107 cm³/mol. The van der Waals surface area contributed by atoms with Crippen molar-refractivity contribution in [2.45, 2.75) is 43.9 Å². The Balaban J connectivity index is 1.88. The summed E-state index contributed by atoms with van der Waals surface area (Å²) in [6.07, 6.45) is 3.35. The van der Waals surface area contributed by atoms with Crippen LogP contribution in [0.4, 0.5) is 0 Å². The van der Waals surface area contributed by atoms with Gasteiger partial charge in [-0.3, -0.25) is 0 Å². The van der Waals surface area contributed by atoms with Crippen molar-refractivity contribution in [2.24, 2.45) is 4.99 Å². The van der Waals surface area contributed by atoms with Gasteiger partial charge in [-0.2, -0.15) is 0 Å². The molecule has 3 N–H and O–H groups in total. The molecule has 0 unspecified atom stereocenters. The van der Waals surface area contributed by atoms with E-state index < -0.39 is 5.72 Å². The molecule has 2 aliphatic heterocycles. The third kappa shape index (κ3) is 2.93. The summed E-state index contributed by atoms with van der Waals surface area (Å²) in [7, 11) is 0. The Hall–Kier alpha value is -1.86. The number of aromatic hydroxyl groups is 2. The van der Waals surface area contributed by atoms with Gasteiger partial charge in [0.2, 0.25) is 11.5 Å². The number of ether oxygens (including phenoxy) is 1. The highest BCUT2D eigenvalue weighted by molar-refractivity contribution is 8.13. The van der Waals surface area contributed by atoms with Crippen LogP contribution in [0, 0.1) is 0 Å². The van der Waals surface area contributed by atoms with Crippen molar-refractivity contribution < 1.29 is 14.9 Å². The Labute approximate surface area is 161 Å². The second-order valence-electron chi connectivity index (χ2n) is 7.48. The number of aliphatic imine (C=N–C) groups is 1. The molecule has 1 aromatic carbocycles. The van der Waals surface area contributed by atoms with Crippen LogP contribution in [-0.2, 0) is 0 Å². The number of thiophene rings is 1. The third-order valence-electron chi connectivity index (χ3n) is 4.88. The van der Waals surface area contributed by atoms with Crippen LogP contribution in [0.25, 0.3) is 0 Å². The summed E-state index contributed by atoms with van der Waals surface area (Å²) in [5.74, 6) is 0.0240. The van der Waals surface area contributed by atoms with Crippen molar-refractivity contribution in [3.8, 4) is 17.2 Å². The minimum Gasteiger partial charge on any atom is -0.504 e. The monoisotopic (exact) mass is 390 g/mol. The molecule has 1 spiro atoms. The zero-order valence-corrected chi connectivity index (χ0v) is 16.6. The van der Waals surface area contributed by atoms with Gasteiger partial charge in [0.05, 0.1) is 0 Å². The Morgan fingerprint density at radius 3 is 2.81 bits per heavy atom. The molecule has 0 aliphatic carbocycles. The largest absolute Gasteiger partial charge is 0.504 e. The smallest absolute Gasteiger partial charge is 0.206 e. The zero-order valence-electron chi connectivity index (χ0n) is 14.9. The van der Waals surface area contributed by atoms with E-state index in [-0.39, 0.29) is 23.0 Å². The van der Waals surface area contributed by atoms with Crippen LogP contribution in [0.3, 0.4) is 0 Å². The molecule has 3 heterocycles. The van der Waals surface area contributed by atoms with E-state index in [1.165, 1.54) is 10.9 Å². The number of nitrogens with zero attached hydrogens (tertiary/aromatic N) is 1. The molecule has 0 amide bonds. The molecule has 26 heavy (non-hydrogen) atoms. The first-order valence-corrected chi connectivity index (χ1v) is 10.6. The number of amidine groups is 1. The average Bonchev–Trinajstić information content (AvgIpc) is 3.11. The van der Waals surface area contributed by atoms with Crippen LogP contribution in [-0.4, -0.2) is 32.9 Å². The van der Waals surface area contributed by atoms with Crippen LogP contribution in [0.2, 0.25) is 0 Å². The first-order valence-electron chi connectivity index (χ1n) is 8.52. The van der Waals surface area contributed by atoms with Gasteiger partial charge in [0.25, 0.3) is 0 Å². The van der Waals surface area contributed by atoms with Gasteiger partial charge >= 0.3 is 0 Å². The quantitative estimate of drug-likeness (QED) is 0.635. The third-order valence-corrected chi connectivity index (χ3v) is 6.45. The van der Waals surface area contributed by atoms with Crippen molar-refractivity contribution in [1.29, 1.82) is 0 Å². The number of rotatable bonds is 1. The lowest BCUT2D eigenvalue weighted by Gasteiger charge is -2.47. The molecule has 138 valence electrons. The zero-order chi connectivity index (χ0) is 18.5. The van der Waals surface area contributed by atoms with Gasteiger partial charge in [-0.25, -0.2) is 4.99 Å². The Kier molecular flexibility index (Phi) is 4.11. The van der Waals surface area contributed by atoms with Crippen LogP contribution in [0.15, 0.2) is 34.6 Å². The molecule has 0 radical (unpaired) electrons. The van der Waals surface area contributed by atoms with E-state index >= 15 is 0 Å². The van der Waals surface area contributed by atoms with E-state index in [1.54, 1.807) is 23.1 Å². The van der Waals surface area contributed by atoms with Crippen LogP contribution in [0.5, 0.6) is 17.2 Å². The predicted octanol–water partition coefficient (Wildman–Crippen LogP) is 4.26. The molecule has 0 bridgehead atoms. The lowest BCUT2D eigenvalue weighted by atomic mass is 9.80. The number of benzene rings is 1. The molecule has 0 saturated carbocycles. The molecule has 4 rings (SSSR count). The van der Waals surface area contributed by atoms with Crippen molar-refractivity contribution in [3.63, 3.8) is 0 Å². The standard InChI is InChI=1S/C19H22N2O3S2/c1-18(2)10-19(21-17(20-18)25-3)9-12(14-5-4-8-26-14)11-6-7-13(22)15(23)16(11)24-19/h4-8,12,22-23H,9-10H2,1-3H3,(H,20,21)/t12-,19+/m0/s1. The van der Waals surface area contributed by atoms with E-state index in [2.05, 4.69) is 30.6 Å². The first kappa shape index (κ1) is 17.5. The number of phenols is 2. The van der Waals surface area contributed by atoms with Gasteiger partial charge < -0.3 is 20.3 Å². The fourth-order valence-electron chi connectivity index (χ4n) is 3.91. The molecule has 2 aliphatic rings. The van der Waals surface area contributed by atoms with E-state index in [9.17, 15) is 10.2 Å². The van der Waals surface area contributed by atoms with E-state index in [0.29, 0.717) is 18.6 Å². The van der Waals surface area contributed by atoms with Crippen molar-refractivity contribution in [1.82, 2.24) is 5.32 Å². The lowest BCUT2D eigenvalue weighted by Crippen LogP contribution is -2.56. The first-order chi connectivity index (χ1) is 12.3. The molecule has 0 saturated heterocycles. The molecule has 0 fully saturated rings. The Morgan fingerprint density at radius 1 is 1.31 bits per heavy atom. The number of nitrogens with one attached hydrogen (secondary N) is 1. The summed E-state index contributed by atoms with van der Waals surface area (Å²) in [6, 6.07) is 7.50. The summed E-state index contributed by atoms with van der Waals surface area (Å²) in [5.41, 5.74) is -0.0741. The number of hydrogen-bond donors (Lipinski definition) is 3. The Morgan fingerprint density at radius 2 is 2.12 bits per heavy atom. The van der Waals surface area contributed by atoms with Crippen molar-refractivity contribution in [2.75, 3.05) is 6.26 Å². The maximum Gasteiger partial charge on any atom is 0.206 e. The number of fused-ring (bicyclic) bond motifs is 1. The van der Waals surface area contributed by atoms with Crippen LogP contribution in [0.1, 0.15) is 43.0 Å². The Bertz CT molecular complexity index is 864. The van der Waals surface area contributed by atoms with Gasteiger partial charge in [-0.1, -0.05) is 23.9 Å². The fraction of sp³-hybridized carbons (Fsp3) is 0.421. The lowest BCUT2D eigenvalue weighted by molar-refractivity contribution is 0.0111. The number of thioether (sulfide) groups is 1. The van der Waals surface area contributed by atoms with Crippen LogP contribution >= 0.6 is 23.1 Å². The molecule has 2 atom stereocenters. The van der Waals surface area contributed by atoms with E-state index in [4.69, 9.17) is 9.73 Å². The van der Waals surface area contributed by atoms with Gasteiger partial charge in [0.1, 0.15) is 0 Å². The van der Waals surface area contributed by atoms with Crippen LogP contribution < -0.4 is 10.1 Å². The molecule has 7 heteroatoms. The van der Waals surface area contributed by atoms with E-state index in [1.807, 2.05) is 18.4 Å². The highest BCUT2D eigenvalue weighted by Crippen LogP contribution is 2.54. The van der Waals surface area contributed by atoms with E-state index in [0.717, 1.165) is 10.7 Å². The number of hydrogen-bond acceptors (Lipinski definition) is 7. The topological polar surface area (TPSA) is 74.1 Å². The maximum absolute atomic E-state index is 10.5. The SMILES string of the molecule is CSC1=N[C@@]2(C[C@H](c3cccs3)c3ccc(O)c(O)c3O2)CC(C)(C)N1. The van der Waals surface area contributed by atoms with Gasteiger partial charge in [0.15, 0.2) is 16.7 Å². The van der Waals surface area contributed by atoms with Crippen molar-refractivity contribution in [3.05, 3.63) is 40.1 Å². The summed E-state index contributed by atoms with van der Waals surface area (Å²) < 4.78 is 6.32. The summed E-state index contributed by atoms with van der Waals surface area (Å²) in [6.45, 7) is 4.25. The average molecular weight is 391 g/mol.